The highest BCUT2D eigenvalue weighted by Gasteiger charge is 2.06. The summed E-state index contributed by atoms with van der Waals surface area (Å²) < 4.78 is 21.2. The molecule has 0 bridgehead atoms. The van der Waals surface area contributed by atoms with Crippen molar-refractivity contribution in [2.75, 3.05) is 6.61 Å². The average Bonchev–Trinajstić information content (AvgIpc) is 3.40. The normalized spacial score (nSPS) is 11.2. The first kappa shape index (κ1) is 25.3. The molecule has 6 heteroatoms. The summed E-state index contributed by atoms with van der Waals surface area (Å²) in [6, 6.07) is 3.63. The van der Waals surface area contributed by atoms with E-state index in [1.807, 2.05) is 13.0 Å². The molecule has 0 aromatic carbocycles. The minimum absolute atomic E-state index is 0.457. The zero-order chi connectivity index (χ0) is 22.0. The fourth-order valence-electron chi connectivity index (χ4n) is 3.55. The molecule has 2 heterocycles. The standard InChI is InChI=1S/C25H41N2O4/c1-3-4-5-6-7-8-9-10-11-12-13-14-15-17-23-21-25(27-31-23)29-19-16-18-28-24-20-22(2)30-26-24/h18,20-21H,3-17,19H2,1-2H3. The second-order valence-electron chi connectivity index (χ2n) is 8.32. The quantitative estimate of drug-likeness (QED) is 0.200. The van der Waals surface area contributed by atoms with Crippen LogP contribution >= 0.6 is 0 Å². The molecule has 2 aromatic rings. The Morgan fingerprint density at radius 2 is 1.39 bits per heavy atom. The highest BCUT2D eigenvalue weighted by atomic mass is 16.5. The second kappa shape index (κ2) is 16.7. The molecule has 0 amide bonds. The number of rotatable bonds is 20. The molecule has 2 rings (SSSR count). The number of aromatic nitrogens is 2. The molecule has 0 saturated heterocycles. The summed E-state index contributed by atoms with van der Waals surface area (Å²) in [5.74, 6) is 2.61. The molecule has 175 valence electrons. The van der Waals surface area contributed by atoms with Crippen LogP contribution in [0, 0.1) is 13.5 Å². The minimum Gasteiger partial charge on any atom is -0.475 e. The van der Waals surface area contributed by atoms with Crippen molar-refractivity contribution < 1.29 is 18.5 Å². The SMILES string of the molecule is CCCCCCCCCCCCCCCc1cc(OCC[CH]Oc2cc(C)on2)no1. The first-order valence-corrected chi connectivity index (χ1v) is 12.3. The molecule has 0 aliphatic carbocycles. The summed E-state index contributed by atoms with van der Waals surface area (Å²) in [6.45, 7) is 6.22. The van der Waals surface area contributed by atoms with Crippen molar-refractivity contribution in [1.82, 2.24) is 10.3 Å². The van der Waals surface area contributed by atoms with Gasteiger partial charge in [0.1, 0.15) is 18.1 Å². The van der Waals surface area contributed by atoms with E-state index in [0.29, 0.717) is 24.8 Å². The lowest BCUT2D eigenvalue weighted by atomic mass is 10.0. The van der Waals surface area contributed by atoms with E-state index in [9.17, 15) is 0 Å². The van der Waals surface area contributed by atoms with E-state index in [-0.39, 0.29) is 0 Å². The minimum atomic E-state index is 0.457. The maximum absolute atomic E-state index is 5.59. The number of nitrogens with zero attached hydrogens (tertiary/aromatic N) is 2. The molecule has 0 atom stereocenters. The van der Waals surface area contributed by atoms with Crippen LogP contribution in [0.3, 0.4) is 0 Å². The summed E-state index contributed by atoms with van der Waals surface area (Å²) in [7, 11) is 0. The van der Waals surface area contributed by atoms with Gasteiger partial charge in [0.25, 0.3) is 11.8 Å². The third kappa shape index (κ3) is 12.5. The fraction of sp³-hybridized carbons (Fsp3) is 0.720. The molecule has 0 saturated carbocycles. The number of hydrogen-bond acceptors (Lipinski definition) is 6. The Kier molecular flexibility index (Phi) is 13.6. The van der Waals surface area contributed by atoms with Gasteiger partial charge in [-0.15, -0.1) is 0 Å². The molecule has 2 aromatic heterocycles. The van der Waals surface area contributed by atoms with Gasteiger partial charge in [-0.25, -0.2) is 0 Å². The predicted molar refractivity (Wildman–Crippen MR) is 122 cm³/mol. The molecule has 0 aliphatic heterocycles. The van der Waals surface area contributed by atoms with Gasteiger partial charge in [0.2, 0.25) is 0 Å². The van der Waals surface area contributed by atoms with Gasteiger partial charge in [-0.1, -0.05) is 84.0 Å². The first-order chi connectivity index (χ1) is 15.3. The van der Waals surface area contributed by atoms with Crippen molar-refractivity contribution in [3.63, 3.8) is 0 Å². The van der Waals surface area contributed by atoms with Crippen LogP contribution in [0.15, 0.2) is 21.2 Å². The van der Waals surface area contributed by atoms with Crippen LogP contribution in [0.5, 0.6) is 11.8 Å². The maximum Gasteiger partial charge on any atom is 0.254 e. The van der Waals surface area contributed by atoms with Gasteiger partial charge in [-0.2, -0.15) is 0 Å². The number of unbranched alkanes of at least 4 members (excludes halogenated alkanes) is 12. The summed E-state index contributed by atoms with van der Waals surface area (Å²) in [5, 5.41) is 7.73. The van der Waals surface area contributed by atoms with Gasteiger partial charge in [-0.3, -0.25) is 0 Å². The van der Waals surface area contributed by atoms with E-state index >= 15 is 0 Å². The zero-order valence-electron chi connectivity index (χ0n) is 19.6. The van der Waals surface area contributed by atoms with Crippen LogP contribution in [0.25, 0.3) is 0 Å². The molecule has 0 unspecified atom stereocenters. The Labute approximate surface area is 188 Å². The Morgan fingerprint density at radius 3 is 2.00 bits per heavy atom. The van der Waals surface area contributed by atoms with E-state index in [1.54, 1.807) is 12.7 Å². The van der Waals surface area contributed by atoms with Crippen molar-refractivity contribution in [2.45, 2.75) is 110 Å². The van der Waals surface area contributed by atoms with E-state index in [0.717, 1.165) is 24.4 Å². The van der Waals surface area contributed by atoms with Crippen LogP contribution in [0.4, 0.5) is 0 Å². The molecule has 0 fully saturated rings. The first-order valence-electron chi connectivity index (χ1n) is 12.3. The van der Waals surface area contributed by atoms with Crippen molar-refractivity contribution in [2.24, 2.45) is 0 Å². The van der Waals surface area contributed by atoms with Gasteiger partial charge >= 0.3 is 0 Å². The maximum atomic E-state index is 5.59. The van der Waals surface area contributed by atoms with E-state index in [1.165, 1.54) is 77.0 Å². The monoisotopic (exact) mass is 433 g/mol. The van der Waals surface area contributed by atoms with Crippen LogP contribution in [-0.4, -0.2) is 16.9 Å². The molecule has 6 nitrogen and oxygen atoms in total. The van der Waals surface area contributed by atoms with Gasteiger partial charge < -0.3 is 18.5 Å². The molecule has 0 aliphatic rings. The summed E-state index contributed by atoms with van der Waals surface area (Å²) >= 11 is 0. The van der Waals surface area contributed by atoms with Crippen LogP contribution in [0.2, 0.25) is 0 Å². The molecular weight excluding hydrogens is 392 g/mol. The smallest absolute Gasteiger partial charge is 0.254 e. The fourth-order valence-corrected chi connectivity index (χ4v) is 3.55. The van der Waals surface area contributed by atoms with Crippen LogP contribution in [0.1, 0.15) is 108 Å². The average molecular weight is 434 g/mol. The van der Waals surface area contributed by atoms with Crippen molar-refractivity contribution in [3.05, 3.63) is 30.3 Å². The van der Waals surface area contributed by atoms with Crippen LogP contribution in [-0.2, 0) is 6.42 Å². The highest BCUT2D eigenvalue weighted by Crippen LogP contribution is 2.17. The molecule has 0 N–H and O–H groups in total. The summed E-state index contributed by atoms with van der Waals surface area (Å²) in [6.07, 6.45) is 19.2. The zero-order valence-corrected chi connectivity index (χ0v) is 19.6. The highest BCUT2D eigenvalue weighted by molar-refractivity contribution is 5.11. The lowest BCUT2D eigenvalue weighted by molar-refractivity contribution is 0.253. The Balaban J connectivity index is 1.37. The van der Waals surface area contributed by atoms with E-state index in [2.05, 4.69) is 17.2 Å². The topological polar surface area (TPSA) is 70.5 Å². The Hall–Kier alpha value is -1.98. The summed E-state index contributed by atoms with van der Waals surface area (Å²) in [4.78, 5) is 0. The molecule has 31 heavy (non-hydrogen) atoms. The predicted octanol–water partition coefficient (Wildman–Crippen LogP) is 7.61. The number of aryl methyl sites for hydroxylation is 2. The lowest BCUT2D eigenvalue weighted by Gasteiger charge is -2.02. The van der Waals surface area contributed by atoms with Crippen LogP contribution < -0.4 is 9.47 Å². The Morgan fingerprint density at radius 1 is 0.774 bits per heavy atom. The van der Waals surface area contributed by atoms with Crippen molar-refractivity contribution in [3.8, 4) is 11.8 Å². The van der Waals surface area contributed by atoms with Crippen molar-refractivity contribution >= 4 is 0 Å². The second-order valence-corrected chi connectivity index (χ2v) is 8.32. The van der Waals surface area contributed by atoms with E-state index < -0.39 is 0 Å². The molecule has 1 radical (unpaired) electrons. The molecule has 0 spiro atoms. The van der Waals surface area contributed by atoms with E-state index in [4.69, 9.17) is 18.5 Å². The van der Waals surface area contributed by atoms with Gasteiger partial charge in [-0.05, 0) is 23.7 Å². The number of ether oxygens (including phenoxy) is 2. The largest absolute Gasteiger partial charge is 0.475 e. The number of hydrogen-bond donors (Lipinski definition) is 0. The van der Waals surface area contributed by atoms with Gasteiger partial charge in [0.05, 0.1) is 6.61 Å². The van der Waals surface area contributed by atoms with Crippen molar-refractivity contribution in [1.29, 1.82) is 0 Å². The lowest BCUT2D eigenvalue weighted by Crippen LogP contribution is -2.00. The van der Waals surface area contributed by atoms with Gasteiger partial charge in [0, 0.05) is 25.0 Å². The Bertz CT molecular complexity index is 668. The van der Waals surface area contributed by atoms with Gasteiger partial charge in [0.15, 0.2) is 0 Å². The molecular formula is C25H41N2O4. The summed E-state index contributed by atoms with van der Waals surface area (Å²) in [5.41, 5.74) is 0. The third-order valence-corrected chi connectivity index (χ3v) is 5.36. The third-order valence-electron chi connectivity index (χ3n) is 5.36.